The molecule has 5 aliphatic rings. The summed E-state index contributed by atoms with van der Waals surface area (Å²) in [5.41, 5.74) is 0.0447. The van der Waals surface area contributed by atoms with Gasteiger partial charge in [-0.05, 0) is 82.0 Å². The Bertz CT molecular complexity index is 302. The first kappa shape index (κ1) is 10.6. The largest absolute Gasteiger partial charge is 0.298 e. The van der Waals surface area contributed by atoms with E-state index in [1.165, 1.54) is 38.5 Å². The van der Waals surface area contributed by atoms with E-state index in [-0.39, 0.29) is 5.41 Å². The van der Waals surface area contributed by atoms with Gasteiger partial charge in [-0.1, -0.05) is 0 Å². The zero-order chi connectivity index (χ0) is 11.5. The molecule has 5 aliphatic carbocycles. The van der Waals surface area contributed by atoms with Gasteiger partial charge in [-0.25, -0.2) is 0 Å². The van der Waals surface area contributed by atoms with Crippen molar-refractivity contribution in [1.82, 2.24) is 0 Å². The van der Waals surface area contributed by atoms with Crippen molar-refractivity contribution in [2.24, 2.45) is 23.2 Å². The first-order valence-electron chi connectivity index (χ1n) is 7.02. The molecule has 0 N–H and O–H groups in total. The molecule has 89 valence electrons. The topological polar surface area (TPSA) is 17.1 Å². The van der Waals surface area contributed by atoms with E-state index in [0.717, 1.165) is 23.7 Å². The SMILES string of the molecule is O=C([C]1[CH][CH][CH][CH]1)C12CC3CC(CC(C3)C1)C2. The van der Waals surface area contributed by atoms with Gasteiger partial charge < -0.3 is 0 Å². The summed E-state index contributed by atoms with van der Waals surface area (Å²) in [5.74, 6) is 4.01. The molecule has 5 saturated carbocycles. The molecule has 0 amide bonds. The molecule has 0 saturated heterocycles. The van der Waals surface area contributed by atoms with Crippen molar-refractivity contribution in [1.29, 1.82) is 0 Å². The molecule has 1 heteroatoms. The van der Waals surface area contributed by atoms with E-state index in [1.54, 1.807) is 0 Å². The van der Waals surface area contributed by atoms with Crippen LogP contribution in [0.25, 0.3) is 0 Å². The van der Waals surface area contributed by atoms with Gasteiger partial charge in [-0.3, -0.25) is 4.79 Å². The summed E-state index contributed by atoms with van der Waals surface area (Å²) in [6.07, 6.45) is 15.8. The van der Waals surface area contributed by atoms with Crippen molar-refractivity contribution in [3.05, 3.63) is 31.6 Å². The number of carbonyl (C=O) groups is 1. The zero-order valence-corrected chi connectivity index (χ0v) is 10.2. The molecule has 5 radical (unpaired) electrons. The molecule has 0 atom stereocenters. The fraction of sp³-hybridized carbons (Fsp3) is 0.625. The monoisotopic (exact) mass is 227 g/mol. The molecule has 1 nitrogen and oxygen atoms in total. The average Bonchev–Trinajstić information content (AvgIpc) is 2.79. The molecule has 0 heterocycles. The standard InChI is InChI=1S/C16H19O/c17-15(14-3-1-2-4-14)16-8-11-5-12(9-16)7-13(6-11)10-16/h1-4,11-13H,5-10H2. The predicted octanol–water partition coefficient (Wildman–Crippen LogP) is 3.18. The van der Waals surface area contributed by atoms with E-state index in [9.17, 15) is 4.79 Å². The second kappa shape index (κ2) is 3.59. The Kier molecular flexibility index (Phi) is 2.23. The highest BCUT2D eigenvalue weighted by molar-refractivity contribution is 6.02. The molecular weight excluding hydrogens is 208 g/mol. The van der Waals surface area contributed by atoms with Gasteiger partial charge in [-0.2, -0.15) is 0 Å². The quantitative estimate of drug-likeness (QED) is 0.708. The molecule has 0 unspecified atom stereocenters. The smallest absolute Gasteiger partial charge is 0.146 e. The van der Waals surface area contributed by atoms with Crippen LogP contribution in [0.15, 0.2) is 0 Å². The maximum Gasteiger partial charge on any atom is 0.146 e. The Morgan fingerprint density at radius 2 is 1.41 bits per heavy atom. The second-order valence-electron chi connectivity index (χ2n) is 6.70. The highest BCUT2D eigenvalue weighted by Gasteiger charge is 2.55. The molecule has 4 bridgehead atoms. The van der Waals surface area contributed by atoms with Crippen LogP contribution in [0.4, 0.5) is 0 Å². The normalized spacial score (nSPS) is 48.8. The molecule has 17 heavy (non-hydrogen) atoms. The van der Waals surface area contributed by atoms with Crippen LogP contribution in [0.2, 0.25) is 0 Å². The van der Waals surface area contributed by atoms with Crippen LogP contribution in [-0.2, 0) is 4.79 Å². The number of hydrogen-bond acceptors (Lipinski definition) is 1. The molecule has 5 fully saturated rings. The number of ketones is 1. The molecule has 0 aromatic carbocycles. The van der Waals surface area contributed by atoms with Crippen molar-refractivity contribution in [2.75, 3.05) is 0 Å². The molecule has 0 aromatic rings. The Morgan fingerprint density at radius 1 is 0.941 bits per heavy atom. The van der Waals surface area contributed by atoms with E-state index < -0.39 is 0 Å². The summed E-state index contributed by atoms with van der Waals surface area (Å²) in [6.45, 7) is 0. The molecule has 0 spiro atoms. The van der Waals surface area contributed by atoms with Crippen LogP contribution in [-0.4, -0.2) is 5.78 Å². The third-order valence-corrected chi connectivity index (χ3v) is 5.44. The van der Waals surface area contributed by atoms with Crippen LogP contribution in [0, 0.1) is 54.8 Å². The molecule has 5 rings (SSSR count). The van der Waals surface area contributed by atoms with E-state index in [4.69, 9.17) is 0 Å². The van der Waals surface area contributed by atoms with Gasteiger partial charge >= 0.3 is 0 Å². The molecule has 0 aromatic heterocycles. The van der Waals surface area contributed by atoms with Crippen molar-refractivity contribution in [3.63, 3.8) is 0 Å². The molecule has 0 aliphatic heterocycles. The number of hydrogen-bond donors (Lipinski definition) is 0. The third kappa shape index (κ3) is 1.54. The number of Topliss-reactive ketones (excluding diaryl/α,β-unsaturated/α-hetero) is 1. The maximum atomic E-state index is 12.8. The van der Waals surface area contributed by atoms with Crippen molar-refractivity contribution < 1.29 is 4.79 Å². The fourth-order valence-corrected chi connectivity index (χ4v) is 5.22. The minimum atomic E-state index is 0.0447. The Hall–Kier alpha value is -0.330. The van der Waals surface area contributed by atoms with Crippen LogP contribution in [0.5, 0.6) is 0 Å². The highest BCUT2D eigenvalue weighted by atomic mass is 16.1. The van der Waals surface area contributed by atoms with Gasteiger partial charge in [0.25, 0.3) is 0 Å². The lowest BCUT2D eigenvalue weighted by Gasteiger charge is -2.56. The van der Waals surface area contributed by atoms with E-state index in [1.807, 2.05) is 25.7 Å². The van der Waals surface area contributed by atoms with Gasteiger partial charge in [0.1, 0.15) is 5.78 Å². The van der Waals surface area contributed by atoms with Crippen LogP contribution in [0.1, 0.15) is 38.5 Å². The summed E-state index contributed by atoms with van der Waals surface area (Å²) in [6, 6.07) is 0. The van der Waals surface area contributed by atoms with Crippen LogP contribution in [0.3, 0.4) is 0 Å². The lowest BCUT2D eigenvalue weighted by Crippen LogP contribution is -2.51. The average molecular weight is 227 g/mol. The summed E-state index contributed by atoms with van der Waals surface area (Å²) in [4.78, 5) is 12.8. The fourth-order valence-electron chi connectivity index (χ4n) is 5.22. The summed E-state index contributed by atoms with van der Waals surface area (Å²) >= 11 is 0. The zero-order valence-electron chi connectivity index (χ0n) is 10.2. The minimum Gasteiger partial charge on any atom is -0.298 e. The van der Waals surface area contributed by atoms with Crippen LogP contribution >= 0.6 is 0 Å². The summed E-state index contributed by atoms with van der Waals surface area (Å²) in [5, 5.41) is 0. The van der Waals surface area contributed by atoms with Crippen LogP contribution < -0.4 is 0 Å². The van der Waals surface area contributed by atoms with E-state index >= 15 is 0 Å². The minimum absolute atomic E-state index is 0.0447. The summed E-state index contributed by atoms with van der Waals surface area (Å²) < 4.78 is 0. The van der Waals surface area contributed by atoms with E-state index in [2.05, 4.69) is 0 Å². The third-order valence-electron chi connectivity index (χ3n) is 5.44. The van der Waals surface area contributed by atoms with Gasteiger partial charge in [0, 0.05) is 11.3 Å². The van der Waals surface area contributed by atoms with Crippen molar-refractivity contribution >= 4 is 5.78 Å². The first-order chi connectivity index (χ1) is 8.25. The highest BCUT2D eigenvalue weighted by Crippen LogP contribution is 2.61. The number of rotatable bonds is 2. The van der Waals surface area contributed by atoms with Crippen molar-refractivity contribution in [2.45, 2.75) is 38.5 Å². The van der Waals surface area contributed by atoms with Crippen molar-refractivity contribution in [3.8, 4) is 0 Å². The lowest BCUT2D eigenvalue weighted by atomic mass is 9.47. The number of carbonyl (C=O) groups excluding carboxylic acids is 1. The lowest BCUT2D eigenvalue weighted by molar-refractivity contribution is -0.141. The molecular formula is C16H19O. The van der Waals surface area contributed by atoms with Gasteiger partial charge in [0.2, 0.25) is 0 Å². The maximum absolute atomic E-state index is 12.8. The Labute approximate surface area is 104 Å². The van der Waals surface area contributed by atoms with Gasteiger partial charge in [-0.15, -0.1) is 0 Å². The second-order valence-corrected chi connectivity index (χ2v) is 6.70. The predicted molar refractivity (Wildman–Crippen MR) is 66.1 cm³/mol. The summed E-state index contributed by atoms with van der Waals surface area (Å²) in [7, 11) is 0. The Balaban J connectivity index is 1.61. The van der Waals surface area contributed by atoms with Gasteiger partial charge in [0.05, 0.1) is 0 Å². The van der Waals surface area contributed by atoms with E-state index in [0.29, 0.717) is 5.78 Å². The first-order valence-corrected chi connectivity index (χ1v) is 7.02. The Morgan fingerprint density at radius 3 is 1.88 bits per heavy atom. The van der Waals surface area contributed by atoms with Gasteiger partial charge in [0.15, 0.2) is 0 Å².